The van der Waals surface area contributed by atoms with Gasteiger partial charge in [0.15, 0.2) is 0 Å². The van der Waals surface area contributed by atoms with Crippen molar-refractivity contribution in [1.82, 2.24) is 15.5 Å². The zero-order valence-electron chi connectivity index (χ0n) is 12.3. The van der Waals surface area contributed by atoms with Crippen molar-refractivity contribution in [3.05, 3.63) is 34.9 Å². The lowest BCUT2D eigenvalue weighted by Gasteiger charge is -2.23. The van der Waals surface area contributed by atoms with E-state index in [-0.39, 0.29) is 5.91 Å². The number of nitrogens with zero attached hydrogens (tertiary/aromatic N) is 1. The SMILES string of the molecule is CC1C2CNCC2CN1CC(=O)NCc1ccc(Cl)cc1. The van der Waals surface area contributed by atoms with Gasteiger partial charge in [-0.05, 0) is 49.5 Å². The maximum Gasteiger partial charge on any atom is 0.234 e. The third-order valence-electron chi connectivity index (χ3n) is 4.81. The third kappa shape index (κ3) is 3.39. The van der Waals surface area contributed by atoms with Crippen molar-refractivity contribution in [3.63, 3.8) is 0 Å². The molecular weight excluding hydrogens is 286 g/mol. The minimum absolute atomic E-state index is 0.102. The first kappa shape index (κ1) is 14.8. The van der Waals surface area contributed by atoms with Gasteiger partial charge >= 0.3 is 0 Å². The van der Waals surface area contributed by atoms with E-state index in [1.165, 1.54) is 0 Å². The van der Waals surface area contributed by atoms with Crippen LogP contribution in [0.15, 0.2) is 24.3 Å². The lowest BCUT2D eigenvalue weighted by molar-refractivity contribution is -0.122. The van der Waals surface area contributed by atoms with Gasteiger partial charge in [-0.15, -0.1) is 0 Å². The summed E-state index contributed by atoms with van der Waals surface area (Å²) in [6, 6.07) is 8.07. The minimum atomic E-state index is 0.102. The molecule has 0 radical (unpaired) electrons. The van der Waals surface area contributed by atoms with Crippen molar-refractivity contribution in [3.8, 4) is 0 Å². The zero-order chi connectivity index (χ0) is 14.8. The molecule has 3 unspecified atom stereocenters. The summed E-state index contributed by atoms with van der Waals surface area (Å²) in [6.07, 6.45) is 0. The van der Waals surface area contributed by atoms with Crippen LogP contribution in [-0.4, -0.2) is 43.0 Å². The van der Waals surface area contributed by atoms with Crippen molar-refractivity contribution in [1.29, 1.82) is 0 Å². The van der Waals surface area contributed by atoms with Crippen molar-refractivity contribution in [2.24, 2.45) is 11.8 Å². The van der Waals surface area contributed by atoms with Gasteiger partial charge in [0.2, 0.25) is 5.91 Å². The molecular formula is C16H22ClN3O. The smallest absolute Gasteiger partial charge is 0.234 e. The second-order valence-corrected chi connectivity index (χ2v) is 6.59. The molecule has 0 aliphatic carbocycles. The predicted molar refractivity (Wildman–Crippen MR) is 84.2 cm³/mol. The second-order valence-electron chi connectivity index (χ2n) is 6.16. The number of carbonyl (C=O) groups is 1. The Morgan fingerprint density at radius 1 is 1.38 bits per heavy atom. The summed E-state index contributed by atoms with van der Waals surface area (Å²) in [7, 11) is 0. The Kier molecular flexibility index (Phi) is 4.48. The van der Waals surface area contributed by atoms with Crippen LogP contribution in [0.25, 0.3) is 0 Å². The number of hydrogen-bond donors (Lipinski definition) is 2. The van der Waals surface area contributed by atoms with Gasteiger partial charge in [-0.25, -0.2) is 0 Å². The van der Waals surface area contributed by atoms with Gasteiger partial charge in [-0.1, -0.05) is 23.7 Å². The average Bonchev–Trinajstić information content (AvgIpc) is 3.03. The monoisotopic (exact) mass is 307 g/mol. The Labute approximate surface area is 130 Å². The quantitative estimate of drug-likeness (QED) is 0.886. The summed E-state index contributed by atoms with van der Waals surface area (Å²) >= 11 is 5.85. The minimum Gasteiger partial charge on any atom is -0.351 e. The summed E-state index contributed by atoms with van der Waals surface area (Å²) in [4.78, 5) is 14.4. The number of fused-ring (bicyclic) bond motifs is 1. The normalized spacial score (nSPS) is 28.6. The fraction of sp³-hybridized carbons (Fsp3) is 0.562. The van der Waals surface area contributed by atoms with Crippen molar-refractivity contribution in [2.45, 2.75) is 19.5 Å². The van der Waals surface area contributed by atoms with E-state index >= 15 is 0 Å². The molecule has 5 heteroatoms. The van der Waals surface area contributed by atoms with E-state index in [0.717, 1.165) is 30.2 Å². The molecule has 114 valence electrons. The van der Waals surface area contributed by atoms with Crippen LogP contribution in [0.5, 0.6) is 0 Å². The molecule has 1 amide bonds. The van der Waals surface area contributed by atoms with Crippen molar-refractivity contribution < 1.29 is 4.79 Å². The first-order valence-corrected chi connectivity index (χ1v) is 7.97. The van der Waals surface area contributed by atoms with Gasteiger partial charge < -0.3 is 10.6 Å². The van der Waals surface area contributed by atoms with E-state index in [1.807, 2.05) is 24.3 Å². The maximum absolute atomic E-state index is 12.1. The number of carbonyl (C=O) groups excluding carboxylic acids is 1. The summed E-state index contributed by atoms with van der Waals surface area (Å²) in [5.74, 6) is 1.52. The average molecular weight is 308 g/mol. The van der Waals surface area contributed by atoms with Gasteiger partial charge in [0, 0.05) is 24.2 Å². The number of amides is 1. The lowest BCUT2D eigenvalue weighted by atomic mass is 9.95. The van der Waals surface area contributed by atoms with E-state index in [4.69, 9.17) is 11.6 Å². The van der Waals surface area contributed by atoms with Gasteiger partial charge in [0.1, 0.15) is 0 Å². The Hall–Kier alpha value is -1.10. The molecule has 1 aromatic carbocycles. The molecule has 0 aromatic heterocycles. The first-order chi connectivity index (χ1) is 10.1. The molecule has 2 heterocycles. The lowest BCUT2D eigenvalue weighted by Crippen LogP contribution is -2.41. The van der Waals surface area contributed by atoms with Crippen molar-refractivity contribution in [2.75, 3.05) is 26.2 Å². The molecule has 2 N–H and O–H groups in total. The molecule has 3 atom stereocenters. The van der Waals surface area contributed by atoms with Gasteiger partial charge in [-0.3, -0.25) is 9.69 Å². The second kappa shape index (κ2) is 6.34. The highest BCUT2D eigenvalue weighted by molar-refractivity contribution is 6.30. The van der Waals surface area contributed by atoms with Crippen LogP contribution >= 0.6 is 11.6 Å². The summed E-state index contributed by atoms with van der Waals surface area (Å²) < 4.78 is 0. The molecule has 3 rings (SSSR count). The highest BCUT2D eigenvalue weighted by atomic mass is 35.5. The topological polar surface area (TPSA) is 44.4 Å². The zero-order valence-corrected chi connectivity index (χ0v) is 13.1. The van der Waals surface area contributed by atoms with Crippen LogP contribution in [0.2, 0.25) is 5.02 Å². The number of nitrogens with one attached hydrogen (secondary N) is 2. The molecule has 21 heavy (non-hydrogen) atoms. The molecule has 0 bridgehead atoms. The summed E-state index contributed by atoms with van der Waals surface area (Å²) in [6.45, 7) is 6.53. The van der Waals surface area contributed by atoms with Gasteiger partial charge in [0.25, 0.3) is 0 Å². The number of likely N-dealkylation sites (tertiary alicyclic amines) is 1. The highest BCUT2D eigenvalue weighted by Crippen LogP contribution is 2.31. The molecule has 2 saturated heterocycles. The molecule has 4 nitrogen and oxygen atoms in total. The van der Waals surface area contributed by atoms with Gasteiger partial charge in [0.05, 0.1) is 6.54 Å². The first-order valence-electron chi connectivity index (χ1n) is 7.59. The summed E-state index contributed by atoms with van der Waals surface area (Å²) in [5, 5.41) is 7.15. The molecule has 0 spiro atoms. The number of rotatable bonds is 4. The number of benzene rings is 1. The van der Waals surface area contributed by atoms with Crippen LogP contribution in [0.3, 0.4) is 0 Å². The molecule has 0 saturated carbocycles. The molecule has 2 aliphatic rings. The standard InChI is InChI=1S/C16H22ClN3O/c1-11-15-8-18-7-13(15)9-20(11)10-16(21)19-6-12-2-4-14(17)5-3-12/h2-5,11,13,15,18H,6-10H2,1H3,(H,19,21). The Balaban J connectivity index is 1.47. The number of halogens is 1. The fourth-order valence-corrected chi connectivity index (χ4v) is 3.63. The largest absolute Gasteiger partial charge is 0.351 e. The van der Waals surface area contributed by atoms with E-state index in [1.54, 1.807) is 0 Å². The third-order valence-corrected chi connectivity index (χ3v) is 5.06. The van der Waals surface area contributed by atoms with Crippen LogP contribution in [0.1, 0.15) is 12.5 Å². The Morgan fingerprint density at radius 3 is 2.86 bits per heavy atom. The van der Waals surface area contributed by atoms with Crippen molar-refractivity contribution >= 4 is 17.5 Å². The maximum atomic E-state index is 12.1. The molecule has 1 aromatic rings. The van der Waals surface area contributed by atoms with Gasteiger partial charge in [-0.2, -0.15) is 0 Å². The van der Waals surface area contributed by atoms with Crippen LogP contribution in [0.4, 0.5) is 0 Å². The predicted octanol–water partition coefficient (Wildman–Crippen LogP) is 1.50. The van der Waals surface area contributed by atoms with Crippen LogP contribution < -0.4 is 10.6 Å². The van der Waals surface area contributed by atoms with E-state index in [9.17, 15) is 4.79 Å². The number of hydrogen-bond acceptors (Lipinski definition) is 3. The molecule has 2 fully saturated rings. The molecule has 2 aliphatic heterocycles. The Morgan fingerprint density at radius 2 is 2.14 bits per heavy atom. The van der Waals surface area contributed by atoms with Crippen LogP contribution in [-0.2, 0) is 11.3 Å². The van der Waals surface area contributed by atoms with E-state index in [0.29, 0.717) is 31.0 Å². The Bertz CT molecular complexity index is 505. The highest BCUT2D eigenvalue weighted by Gasteiger charge is 2.41. The fourth-order valence-electron chi connectivity index (χ4n) is 3.51. The van der Waals surface area contributed by atoms with E-state index in [2.05, 4.69) is 22.5 Å². The summed E-state index contributed by atoms with van der Waals surface area (Å²) in [5.41, 5.74) is 1.07. The van der Waals surface area contributed by atoms with E-state index < -0.39 is 0 Å². The van der Waals surface area contributed by atoms with Crippen LogP contribution in [0, 0.1) is 11.8 Å².